The van der Waals surface area contributed by atoms with Gasteiger partial charge in [0.15, 0.2) is 5.75 Å². The van der Waals surface area contributed by atoms with Crippen LogP contribution in [0.5, 0.6) is 11.5 Å². The van der Waals surface area contributed by atoms with Crippen LogP contribution < -0.4 is 15.9 Å². The van der Waals surface area contributed by atoms with Crippen LogP contribution in [-0.4, -0.2) is 31.9 Å². The van der Waals surface area contributed by atoms with Gasteiger partial charge in [0, 0.05) is 11.1 Å². The second-order valence-electron chi connectivity index (χ2n) is 5.32. The van der Waals surface area contributed by atoms with Crippen LogP contribution in [0.1, 0.15) is 11.1 Å². The maximum Gasteiger partial charge on any atom is 0.151 e. The van der Waals surface area contributed by atoms with Crippen molar-refractivity contribution in [3.8, 4) is 11.5 Å². The second-order valence-corrected chi connectivity index (χ2v) is 5.70. The molecule has 1 aromatic carbocycles. The Labute approximate surface area is 133 Å². The zero-order chi connectivity index (χ0) is 15.3. The Morgan fingerprint density at radius 2 is 2.05 bits per heavy atom. The molecule has 5 nitrogen and oxygen atoms in total. The number of nitrogens with zero attached hydrogens (tertiary/aromatic N) is 2. The Morgan fingerprint density at radius 3 is 2.86 bits per heavy atom. The number of aromatic nitrogens is 1. The maximum atomic E-state index is 6.06. The van der Waals surface area contributed by atoms with Gasteiger partial charge >= 0.3 is 0 Å². The predicted molar refractivity (Wildman–Crippen MR) is 84.4 cm³/mol. The summed E-state index contributed by atoms with van der Waals surface area (Å²) >= 11 is 6.06. The third-order valence-corrected chi connectivity index (χ3v) is 4.05. The van der Waals surface area contributed by atoms with Crippen molar-refractivity contribution >= 4 is 30.7 Å². The van der Waals surface area contributed by atoms with Gasteiger partial charge in [-0.3, -0.25) is 4.99 Å². The van der Waals surface area contributed by atoms with E-state index in [0.717, 1.165) is 11.1 Å². The third kappa shape index (κ3) is 1.91. The number of hydrogen-bond acceptors (Lipinski definition) is 5. The molecule has 2 radical (unpaired) electrons. The number of fused-ring (bicyclic) bond motifs is 4. The van der Waals surface area contributed by atoms with Gasteiger partial charge in [0.2, 0.25) is 0 Å². The van der Waals surface area contributed by atoms with E-state index in [1.54, 1.807) is 18.3 Å². The molecular formula is C15H11BClN3O2. The Kier molecular flexibility index (Phi) is 2.92. The maximum absolute atomic E-state index is 6.06. The van der Waals surface area contributed by atoms with Crippen LogP contribution in [0.15, 0.2) is 35.5 Å². The van der Waals surface area contributed by atoms with Crippen LogP contribution in [0, 0.1) is 0 Å². The molecule has 0 saturated carbocycles. The highest BCUT2D eigenvalue weighted by molar-refractivity contribution is 6.32. The van der Waals surface area contributed by atoms with Crippen LogP contribution in [0.3, 0.4) is 0 Å². The highest BCUT2D eigenvalue weighted by Gasteiger charge is 2.45. The lowest BCUT2D eigenvalue weighted by molar-refractivity contribution is 0.110. The molecule has 2 N–H and O–H groups in total. The Balaban J connectivity index is 2.05. The van der Waals surface area contributed by atoms with E-state index in [2.05, 4.69) is 9.98 Å². The largest absolute Gasteiger partial charge is 0.455 e. The number of ether oxygens (including phenoxy) is 2. The van der Waals surface area contributed by atoms with Gasteiger partial charge in [-0.05, 0) is 12.1 Å². The van der Waals surface area contributed by atoms with E-state index in [0.29, 0.717) is 41.2 Å². The van der Waals surface area contributed by atoms with Crippen molar-refractivity contribution in [1.82, 2.24) is 4.98 Å². The first-order valence-electron chi connectivity index (χ1n) is 6.74. The number of nitrogens with two attached hydrogens (primary N) is 1. The molecule has 7 heteroatoms. The highest BCUT2D eigenvalue weighted by atomic mass is 35.5. The summed E-state index contributed by atoms with van der Waals surface area (Å²) in [6, 6.07) is 7.15. The van der Waals surface area contributed by atoms with Crippen LogP contribution in [-0.2, 0) is 10.3 Å². The van der Waals surface area contributed by atoms with E-state index in [9.17, 15) is 0 Å². The number of amidine groups is 1. The van der Waals surface area contributed by atoms with Gasteiger partial charge in [0.05, 0.1) is 12.8 Å². The lowest BCUT2D eigenvalue weighted by atomic mass is 9.78. The zero-order valence-corrected chi connectivity index (χ0v) is 12.3. The first kappa shape index (κ1) is 13.6. The fraction of sp³-hybridized carbons (Fsp3) is 0.200. The van der Waals surface area contributed by atoms with Gasteiger partial charge in [0.1, 0.15) is 36.7 Å². The van der Waals surface area contributed by atoms with E-state index in [1.165, 1.54) is 0 Å². The molecule has 4 rings (SSSR count). The average molecular weight is 312 g/mol. The van der Waals surface area contributed by atoms with Gasteiger partial charge in [-0.1, -0.05) is 29.2 Å². The van der Waals surface area contributed by atoms with Crippen molar-refractivity contribution < 1.29 is 9.47 Å². The fourth-order valence-electron chi connectivity index (χ4n) is 2.93. The van der Waals surface area contributed by atoms with E-state index in [1.807, 2.05) is 12.1 Å². The normalized spacial score (nSPS) is 22.5. The molecule has 0 fully saturated rings. The molecule has 0 aliphatic carbocycles. The zero-order valence-electron chi connectivity index (χ0n) is 11.5. The van der Waals surface area contributed by atoms with Crippen molar-refractivity contribution in [2.24, 2.45) is 10.7 Å². The summed E-state index contributed by atoms with van der Waals surface area (Å²) in [6.45, 7) is 0.634. The number of hydrogen-bond donors (Lipinski definition) is 1. The van der Waals surface area contributed by atoms with Gasteiger partial charge in [-0.2, -0.15) is 0 Å². The number of aliphatic imine (C=N–C) groups is 1. The number of benzene rings is 1. The van der Waals surface area contributed by atoms with Gasteiger partial charge in [-0.25, -0.2) is 4.98 Å². The van der Waals surface area contributed by atoms with E-state index < -0.39 is 5.54 Å². The molecule has 2 aliphatic heterocycles. The molecule has 3 heterocycles. The Hall–Kier alpha value is -2.05. The molecule has 22 heavy (non-hydrogen) atoms. The van der Waals surface area contributed by atoms with E-state index >= 15 is 0 Å². The number of halogens is 1. The van der Waals surface area contributed by atoms with Gasteiger partial charge < -0.3 is 15.2 Å². The van der Waals surface area contributed by atoms with Crippen LogP contribution in [0.25, 0.3) is 0 Å². The summed E-state index contributed by atoms with van der Waals surface area (Å²) in [6.07, 6.45) is 1.58. The predicted octanol–water partition coefficient (Wildman–Crippen LogP) is 1.27. The van der Waals surface area contributed by atoms with E-state index in [4.69, 9.17) is 34.7 Å². The topological polar surface area (TPSA) is 69.7 Å². The lowest BCUT2D eigenvalue weighted by Crippen LogP contribution is -2.42. The molecule has 1 unspecified atom stereocenters. The van der Waals surface area contributed by atoms with Gasteiger partial charge in [0.25, 0.3) is 0 Å². The smallest absolute Gasteiger partial charge is 0.151 e. The molecular weight excluding hydrogens is 300 g/mol. The lowest BCUT2D eigenvalue weighted by Gasteiger charge is -2.39. The van der Waals surface area contributed by atoms with Crippen LogP contribution in [0.2, 0.25) is 5.15 Å². The SMILES string of the molecule is [B]c1ccc2c(c1)C1(COCC(N)=N1)c1cc(Cl)ncc1O2. The van der Waals surface area contributed by atoms with Gasteiger partial charge in [-0.15, -0.1) is 0 Å². The minimum Gasteiger partial charge on any atom is -0.455 e. The summed E-state index contributed by atoms with van der Waals surface area (Å²) < 4.78 is 11.6. The minimum absolute atomic E-state index is 0.300. The Bertz CT molecular complexity index is 758. The van der Waals surface area contributed by atoms with Crippen molar-refractivity contribution in [2.75, 3.05) is 13.2 Å². The molecule has 1 atom stereocenters. The molecule has 2 aliphatic rings. The summed E-state index contributed by atoms with van der Waals surface area (Å²) in [5.74, 6) is 1.66. The quantitative estimate of drug-likeness (QED) is 0.587. The summed E-state index contributed by atoms with van der Waals surface area (Å²) in [4.78, 5) is 8.76. The molecule has 2 aromatic rings. The summed E-state index contributed by atoms with van der Waals surface area (Å²) in [5.41, 5.74) is 7.32. The molecule has 1 aromatic heterocycles. The third-order valence-electron chi connectivity index (χ3n) is 3.84. The summed E-state index contributed by atoms with van der Waals surface area (Å²) in [7, 11) is 5.94. The monoisotopic (exact) mass is 311 g/mol. The minimum atomic E-state index is -0.812. The van der Waals surface area contributed by atoms with Crippen molar-refractivity contribution in [2.45, 2.75) is 5.54 Å². The van der Waals surface area contributed by atoms with E-state index in [-0.39, 0.29) is 0 Å². The first-order chi connectivity index (χ1) is 10.6. The second kappa shape index (κ2) is 4.73. The van der Waals surface area contributed by atoms with Crippen LogP contribution in [0.4, 0.5) is 0 Å². The summed E-state index contributed by atoms with van der Waals surface area (Å²) in [5, 5.41) is 0.355. The van der Waals surface area contributed by atoms with Crippen molar-refractivity contribution in [3.05, 3.63) is 46.7 Å². The highest BCUT2D eigenvalue weighted by Crippen LogP contribution is 2.49. The van der Waals surface area contributed by atoms with Crippen LogP contribution >= 0.6 is 11.6 Å². The average Bonchev–Trinajstić information content (AvgIpc) is 2.49. The Morgan fingerprint density at radius 1 is 1.23 bits per heavy atom. The first-order valence-corrected chi connectivity index (χ1v) is 7.12. The van der Waals surface area contributed by atoms with Crippen molar-refractivity contribution in [3.63, 3.8) is 0 Å². The molecule has 0 amide bonds. The number of rotatable bonds is 0. The fourth-order valence-corrected chi connectivity index (χ4v) is 3.09. The van der Waals surface area contributed by atoms with Crippen molar-refractivity contribution in [1.29, 1.82) is 0 Å². The molecule has 0 saturated heterocycles. The molecule has 108 valence electrons. The standard InChI is InChI=1S/C15H11BClN3O2/c16-8-1-2-11-9(3-8)15(7-21-6-14(18)20-15)10-4-13(17)19-5-12(10)22-11/h1-5H,6-7H2,(H2,18,20). The molecule has 0 bridgehead atoms. The molecule has 1 spiro atoms. The number of pyridine rings is 1.